The van der Waals surface area contributed by atoms with Crippen LogP contribution in [0.25, 0.3) is 0 Å². The fourth-order valence-corrected chi connectivity index (χ4v) is 2.75. The summed E-state index contributed by atoms with van der Waals surface area (Å²) in [5.74, 6) is -0.0777. The number of rotatable bonds is 5. The standard InChI is InChI=1S/C14H20BrNO3/c1-7-8(2)14(19-4)12(9(3)13(7)15)10(16)5-6-11(17)18/h10H,5-6,16H2,1-4H3,(H,17,18). The Morgan fingerprint density at radius 3 is 2.37 bits per heavy atom. The van der Waals surface area contributed by atoms with E-state index in [4.69, 9.17) is 15.6 Å². The van der Waals surface area contributed by atoms with Crippen molar-refractivity contribution in [3.63, 3.8) is 0 Å². The molecule has 19 heavy (non-hydrogen) atoms. The van der Waals surface area contributed by atoms with Crippen molar-refractivity contribution >= 4 is 21.9 Å². The highest BCUT2D eigenvalue weighted by atomic mass is 79.9. The third kappa shape index (κ3) is 3.28. The first-order valence-electron chi connectivity index (χ1n) is 6.11. The Morgan fingerprint density at radius 2 is 1.89 bits per heavy atom. The monoisotopic (exact) mass is 329 g/mol. The summed E-state index contributed by atoms with van der Waals surface area (Å²) in [5, 5.41) is 8.76. The molecule has 5 heteroatoms. The molecule has 106 valence electrons. The highest BCUT2D eigenvalue weighted by molar-refractivity contribution is 9.10. The van der Waals surface area contributed by atoms with E-state index < -0.39 is 5.97 Å². The Hall–Kier alpha value is -1.07. The van der Waals surface area contributed by atoms with Gasteiger partial charge in [-0.15, -0.1) is 0 Å². The van der Waals surface area contributed by atoms with Crippen LogP contribution in [0.1, 0.15) is 41.1 Å². The molecule has 0 amide bonds. The fourth-order valence-electron chi connectivity index (χ4n) is 2.24. The van der Waals surface area contributed by atoms with Gasteiger partial charge in [-0.05, 0) is 43.9 Å². The largest absolute Gasteiger partial charge is 0.496 e. The number of ether oxygens (including phenoxy) is 1. The molecule has 0 aliphatic rings. The van der Waals surface area contributed by atoms with Gasteiger partial charge < -0.3 is 15.6 Å². The predicted octanol–water partition coefficient (Wildman–Crippen LogP) is 3.25. The van der Waals surface area contributed by atoms with E-state index in [2.05, 4.69) is 15.9 Å². The van der Waals surface area contributed by atoms with E-state index in [-0.39, 0.29) is 12.5 Å². The number of carboxylic acid groups (broad SMARTS) is 1. The minimum absolute atomic E-state index is 0.0499. The second-order valence-electron chi connectivity index (χ2n) is 4.67. The highest BCUT2D eigenvalue weighted by Crippen LogP contribution is 2.39. The van der Waals surface area contributed by atoms with Gasteiger partial charge in [0.1, 0.15) is 5.75 Å². The second kappa shape index (κ2) is 6.39. The molecule has 1 rings (SSSR count). The van der Waals surface area contributed by atoms with Crippen molar-refractivity contribution in [2.45, 2.75) is 39.7 Å². The molecular weight excluding hydrogens is 310 g/mol. The summed E-state index contributed by atoms with van der Waals surface area (Å²) < 4.78 is 6.48. The van der Waals surface area contributed by atoms with Gasteiger partial charge in [0.25, 0.3) is 0 Å². The van der Waals surface area contributed by atoms with E-state index in [0.717, 1.165) is 32.5 Å². The third-order valence-corrected chi connectivity index (χ3v) is 4.64. The molecule has 0 aliphatic heterocycles. The molecule has 0 bridgehead atoms. The summed E-state index contributed by atoms with van der Waals surface area (Å²) in [5.41, 5.74) is 10.2. The van der Waals surface area contributed by atoms with Crippen LogP contribution in [0.2, 0.25) is 0 Å². The summed E-state index contributed by atoms with van der Waals surface area (Å²) in [7, 11) is 1.61. The van der Waals surface area contributed by atoms with Gasteiger partial charge in [-0.3, -0.25) is 4.79 Å². The van der Waals surface area contributed by atoms with Crippen LogP contribution in [0.5, 0.6) is 5.75 Å². The molecule has 0 spiro atoms. The maximum Gasteiger partial charge on any atom is 0.303 e. The van der Waals surface area contributed by atoms with Crippen LogP contribution in [-0.2, 0) is 4.79 Å². The Bertz CT molecular complexity index is 500. The number of hydrogen-bond acceptors (Lipinski definition) is 3. The Morgan fingerprint density at radius 1 is 1.32 bits per heavy atom. The molecule has 1 atom stereocenters. The van der Waals surface area contributed by atoms with Gasteiger partial charge in [0.15, 0.2) is 0 Å². The summed E-state index contributed by atoms with van der Waals surface area (Å²) in [6.07, 6.45) is 0.440. The van der Waals surface area contributed by atoms with E-state index in [1.165, 1.54) is 0 Å². The van der Waals surface area contributed by atoms with Crippen molar-refractivity contribution in [3.05, 3.63) is 26.7 Å². The minimum atomic E-state index is -0.838. The van der Waals surface area contributed by atoms with Crippen molar-refractivity contribution in [2.75, 3.05) is 7.11 Å². The van der Waals surface area contributed by atoms with Crippen molar-refractivity contribution < 1.29 is 14.6 Å². The third-order valence-electron chi connectivity index (χ3n) is 3.45. The zero-order chi connectivity index (χ0) is 14.7. The molecule has 4 nitrogen and oxygen atoms in total. The first-order valence-corrected chi connectivity index (χ1v) is 6.91. The minimum Gasteiger partial charge on any atom is -0.496 e. The maximum absolute atomic E-state index is 10.7. The lowest BCUT2D eigenvalue weighted by atomic mass is 9.92. The number of aliphatic carboxylic acids is 1. The lowest BCUT2D eigenvalue weighted by molar-refractivity contribution is -0.137. The molecule has 1 unspecified atom stereocenters. The highest BCUT2D eigenvalue weighted by Gasteiger charge is 2.21. The number of nitrogens with two attached hydrogens (primary N) is 1. The molecule has 0 saturated carbocycles. The number of benzene rings is 1. The van der Waals surface area contributed by atoms with E-state index in [1.54, 1.807) is 7.11 Å². The van der Waals surface area contributed by atoms with E-state index in [0.29, 0.717) is 6.42 Å². The molecule has 0 heterocycles. The average Bonchev–Trinajstić information content (AvgIpc) is 2.37. The van der Waals surface area contributed by atoms with Crippen molar-refractivity contribution in [3.8, 4) is 5.75 Å². The fraction of sp³-hybridized carbons (Fsp3) is 0.500. The van der Waals surface area contributed by atoms with E-state index in [1.807, 2.05) is 20.8 Å². The molecule has 3 N–H and O–H groups in total. The number of carbonyl (C=O) groups is 1. The summed E-state index contributed by atoms with van der Waals surface area (Å²) >= 11 is 3.57. The van der Waals surface area contributed by atoms with Crippen LogP contribution in [0.3, 0.4) is 0 Å². The van der Waals surface area contributed by atoms with Crippen molar-refractivity contribution in [2.24, 2.45) is 5.73 Å². The topological polar surface area (TPSA) is 72.5 Å². The van der Waals surface area contributed by atoms with E-state index in [9.17, 15) is 4.79 Å². The smallest absolute Gasteiger partial charge is 0.303 e. The quantitative estimate of drug-likeness (QED) is 0.869. The number of hydrogen-bond donors (Lipinski definition) is 2. The zero-order valence-corrected chi connectivity index (χ0v) is 13.3. The van der Waals surface area contributed by atoms with Gasteiger partial charge in [-0.1, -0.05) is 15.9 Å². The number of carboxylic acids is 1. The molecular formula is C14H20BrNO3. The molecule has 0 radical (unpaired) electrons. The first kappa shape index (κ1) is 16.0. The van der Waals surface area contributed by atoms with Gasteiger partial charge in [-0.2, -0.15) is 0 Å². The normalized spacial score (nSPS) is 12.3. The van der Waals surface area contributed by atoms with Crippen LogP contribution < -0.4 is 10.5 Å². The Labute approximate surface area is 122 Å². The van der Waals surface area contributed by atoms with Crippen LogP contribution >= 0.6 is 15.9 Å². The zero-order valence-electron chi connectivity index (χ0n) is 11.7. The predicted molar refractivity (Wildman–Crippen MR) is 78.7 cm³/mol. The molecule has 1 aromatic carbocycles. The van der Waals surface area contributed by atoms with Gasteiger partial charge in [-0.25, -0.2) is 0 Å². The molecule has 0 aliphatic carbocycles. The Balaban J connectivity index is 3.29. The van der Waals surface area contributed by atoms with Crippen molar-refractivity contribution in [1.29, 1.82) is 0 Å². The number of methoxy groups -OCH3 is 1. The first-order chi connectivity index (χ1) is 8.81. The SMILES string of the molecule is COc1c(C)c(C)c(Br)c(C)c1C(N)CCC(=O)O. The van der Waals surface area contributed by atoms with Gasteiger partial charge in [0, 0.05) is 22.5 Å². The molecule has 0 saturated heterocycles. The van der Waals surface area contributed by atoms with Crippen LogP contribution in [0.15, 0.2) is 4.47 Å². The van der Waals surface area contributed by atoms with Crippen LogP contribution in [0.4, 0.5) is 0 Å². The lowest BCUT2D eigenvalue weighted by Gasteiger charge is -2.22. The van der Waals surface area contributed by atoms with Gasteiger partial charge in [0.2, 0.25) is 0 Å². The maximum atomic E-state index is 10.7. The van der Waals surface area contributed by atoms with Crippen molar-refractivity contribution in [1.82, 2.24) is 0 Å². The van der Waals surface area contributed by atoms with Gasteiger partial charge in [0.05, 0.1) is 7.11 Å². The Kier molecular flexibility index (Phi) is 5.38. The molecule has 1 aromatic rings. The summed E-state index contributed by atoms with van der Waals surface area (Å²) in [6.45, 7) is 5.96. The average molecular weight is 330 g/mol. The molecule has 0 aromatic heterocycles. The lowest BCUT2D eigenvalue weighted by Crippen LogP contribution is -2.16. The van der Waals surface area contributed by atoms with E-state index >= 15 is 0 Å². The van der Waals surface area contributed by atoms with Crippen LogP contribution in [0, 0.1) is 20.8 Å². The van der Waals surface area contributed by atoms with Crippen LogP contribution in [-0.4, -0.2) is 18.2 Å². The molecule has 0 fully saturated rings. The van der Waals surface area contributed by atoms with Gasteiger partial charge >= 0.3 is 5.97 Å². The summed E-state index contributed by atoms with van der Waals surface area (Å²) in [4.78, 5) is 10.7. The number of halogens is 1. The summed E-state index contributed by atoms with van der Waals surface area (Å²) in [6, 6.07) is -0.346. The second-order valence-corrected chi connectivity index (χ2v) is 5.47.